The summed E-state index contributed by atoms with van der Waals surface area (Å²) in [6, 6.07) is 8.52. The molecule has 2 rings (SSSR count). The third-order valence-electron chi connectivity index (χ3n) is 4.37. The first-order valence-corrected chi connectivity index (χ1v) is 7.69. The molecular formula is C17H25NO2. The standard InChI is InChI=1S/C17H25NO2/c1-3-18(14-9-7-8-13(2)12-14)16-11-6-4-5-10-15(16)17(19)20/h7-9,12,15-16H,3-6,10-11H2,1-2H3,(H,19,20). The van der Waals surface area contributed by atoms with E-state index in [1.54, 1.807) is 0 Å². The number of carboxylic acid groups (broad SMARTS) is 1. The van der Waals surface area contributed by atoms with Crippen LogP contribution in [0, 0.1) is 12.8 Å². The van der Waals surface area contributed by atoms with Gasteiger partial charge in [0, 0.05) is 18.3 Å². The molecule has 3 heteroatoms. The zero-order valence-corrected chi connectivity index (χ0v) is 12.5. The van der Waals surface area contributed by atoms with Gasteiger partial charge >= 0.3 is 5.97 Å². The number of hydrogen-bond acceptors (Lipinski definition) is 2. The number of aliphatic carboxylic acids is 1. The molecule has 0 saturated heterocycles. The van der Waals surface area contributed by atoms with Gasteiger partial charge < -0.3 is 10.0 Å². The first-order chi connectivity index (χ1) is 9.63. The largest absolute Gasteiger partial charge is 0.481 e. The van der Waals surface area contributed by atoms with Crippen molar-refractivity contribution in [2.24, 2.45) is 5.92 Å². The summed E-state index contributed by atoms with van der Waals surface area (Å²) in [4.78, 5) is 13.9. The van der Waals surface area contributed by atoms with E-state index in [9.17, 15) is 9.90 Å². The number of aryl methyl sites for hydroxylation is 1. The summed E-state index contributed by atoms with van der Waals surface area (Å²) in [5.74, 6) is -0.874. The summed E-state index contributed by atoms with van der Waals surface area (Å²) in [6.07, 6.45) is 5.13. The Hall–Kier alpha value is -1.51. The Morgan fingerprint density at radius 3 is 2.70 bits per heavy atom. The monoisotopic (exact) mass is 275 g/mol. The maximum Gasteiger partial charge on any atom is 0.308 e. The van der Waals surface area contributed by atoms with Crippen LogP contribution in [0.4, 0.5) is 5.69 Å². The molecule has 2 atom stereocenters. The minimum absolute atomic E-state index is 0.127. The molecule has 1 N–H and O–H groups in total. The van der Waals surface area contributed by atoms with Crippen molar-refractivity contribution in [3.05, 3.63) is 29.8 Å². The number of anilines is 1. The van der Waals surface area contributed by atoms with Crippen LogP contribution in [0.2, 0.25) is 0 Å². The van der Waals surface area contributed by atoms with Gasteiger partial charge in [0.15, 0.2) is 0 Å². The van der Waals surface area contributed by atoms with Gasteiger partial charge in [-0.05, 0) is 44.4 Å². The summed E-state index contributed by atoms with van der Waals surface area (Å²) >= 11 is 0. The third kappa shape index (κ3) is 3.33. The van der Waals surface area contributed by atoms with E-state index in [4.69, 9.17) is 0 Å². The van der Waals surface area contributed by atoms with Gasteiger partial charge in [-0.3, -0.25) is 4.79 Å². The van der Waals surface area contributed by atoms with Gasteiger partial charge in [0.25, 0.3) is 0 Å². The van der Waals surface area contributed by atoms with E-state index in [-0.39, 0.29) is 12.0 Å². The van der Waals surface area contributed by atoms with E-state index in [0.717, 1.165) is 44.3 Å². The molecule has 0 amide bonds. The summed E-state index contributed by atoms with van der Waals surface area (Å²) in [7, 11) is 0. The summed E-state index contributed by atoms with van der Waals surface area (Å²) in [5, 5.41) is 9.55. The minimum Gasteiger partial charge on any atom is -0.481 e. The molecule has 0 aliphatic heterocycles. The Bertz CT molecular complexity index is 458. The van der Waals surface area contributed by atoms with E-state index >= 15 is 0 Å². The smallest absolute Gasteiger partial charge is 0.308 e. The lowest BCUT2D eigenvalue weighted by Gasteiger charge is -2.36. The van der Waals surface area contributed by atoms with E-state index in [0.29, 0.717) is 0 Å². The zero-order valence-electron chi connectivity index (χ0n) is 12.5. The molecule has 1 aromatic carbocycles. The van der Waals surface area contributed by atoms with Crippen molar-refractivity contribution < 1.29 is 9.90 Å². The van der Waals surface area contributed by atoms with Crippen LogP contribution in [-0.4, -0.2) is 23.7 Å². The predicted molar refractivity (Wildman–Crippen MR) is 82.2 cm³/mol. The fraction of sp³-hybridized carbons (Fsp3) is 0.588. The number of rotatable bonds is 4. The molecule has 0 heterocycles. The Balaban J connectivity index is 2.29. The maximum absolute atomic E-state index is 11.6. The SMILES string of the molecule is CCN(c1cccc(C)c1)C1CCCCCC1C(=O)O. The summed E-state index contributed by atoms with van der Waals surface area (Å²) < 4.78 is 0. The molecule has 2 unspecified atom stereocenters. The average Bonchev–Trinajstić information content (AvgIpc) is 2.66. The second-order valence-corrected chi connectivity index (χ2v) is 5.78. The van der Waals surface area contributed by atoms with Crippen molar-refractivity contribution in [3.8, 4) is 0 Å². The fourth-order valence-electron chi connectivity index (χ4n) is 3.36. The molecular weight excluding hydrogens is 250 g/mol. The van der Waals surface area contributed by atoms with Crippen LogP contribution in [-0.2, 0) is 4.79 Å². The normalized spacial score (nSPS) is 23.1. The zero-order chi connectivity index (χ0) is 14.5. The quantitative estimate of drug-likeness (QED) is 0.848. The highest BCUT2D eigenvalue weighted by Crippen LogP contribution is 2.31. The van der Waals surface area contributed by atoms with Gasteiger partial charge in [0.2, 0.25) is 0 Å². The van der Waals surface area contributed by atoms with Crippen molar-refractivity contribution in [1.82, 2.24) is 0 Å². The Kier molecular flexibility index (Phi) is 5.05. The molecule has 1 aliphatic carbocycles. The Morgan fingerprint density at radius 2 is 2.05 bits per heavy atom. The van der Waals surface area contributed by atoms with Gasteiger partial charge in [-0.15, -0.1) is 0 Å². The molecule has 1 saturated carbocycles. The number of benzene rings is 1. The summed E-state index contributed by atoms with van der Waals surface area (Å²) in [5.41, 5.74) is 2.38. The van der Waals surface area contributed by atoms with Gasteiger partial charge in [-0.25, -0.2) is 0 Å². The van der Waals surface area contributed by atoms with Crippen molar-refractivity contribution in [2.75, 3.05) is 11.4 Å². The van der Waals surface area contributed by atoms with Gasteiger partial charge in [-0.2, -0.15) is 0 Å². The molecule has 0 bridgehead atoms. The van der Waals surface area contributed by atoms with E-state index in [1.807, 2.05) is 0 Å². The van der Waals surface area contributed by atoms with Crippen molar-refractivity contribution >= 4 is 11.7 Å². The highest BCUT2D eigenvalue weighted by molar-refractivity contribution is 5.72. The highest BCUT2D eigenvalue weighted by Gasteiger charge is 2.33. The first kappa shape index (κ1) is 14.9. The van der Waals surface area contributed by atoms with Crippen LogP contribution in [0.15, 0.2) is 24.3 Å². The molecule has 0 spiro atoms. The van der Waals surface area contributed by atoms with Crippen LogP contribution in [0.1, 0.15) is 44.6 Å². The van der Waals surface area contributed by atoms with Crippen LogP contribution in [0.5, 0.6) is 0 Å². The molecule has 20 heavy (non-hydrogen) atoms. The van der Waals surface area contributed by atoms with Crippen LogP contribution < -0.4 is 4.90 Å². The van der Waals surface area contributed by atoms with Gasteiger partial charge in [0.05, 0.1) is 5.92 Å². The maximum atomic E-state index is 11.6. The second kappa shape index (κ2) is 6.78. The Morgan fingerprint density at radius 1 is 1.30 bits per heavy atom. The van der Waals surface area contributed by atoms with Gasteiger partial charge in [-0.1, -0.05) is 31.4 Å². The summed E-state index contributed by atoms with van der Waals surface area (Å²) in [6.45, 7) is 5.06. The number of carbonyl (C=O) groups is 1. The average molecular weight is 275 g/mol. The fourth-order valence-corrected chi connectivity index (χ4v) is 3.36. The van der Waals surface area contributed by atoms with Crippen molar-refractivity contribution in [1.29, 1.82) is 0 Å². The molecule has 0 radical (unpaired) electrons. The number of hydrogen-bond donors (Lipinski definition) is 1. The molecule has 110 valence electrons. The van der Waals surface area contributed by atoms with Crippen molar-refractivity contribution in [3.63, 3.8) is 0 Å². The predicted octanol–water partition coefficient (Wildman–Crippen LogP) is 3.85. The van der Waals surface area contributed by atoms with Crippen LogP contribution in [0.25, 0.3) is 0 Å². The lowest BCUT2D eigenvalue weighted by atomic mass is 9.93. The first-order valence-electron chi connectivity index (χ1n) is 7.69. The molecule has 3 nitrogen and oxygen atoms in total. The van der Waals surface area contributed by atoms with Crippen LogP contribution >= 0.6 is 0 Å². The van der Waals surface area contributed by atoms with Crippen molar-refractivity contribution in [2.45, 2.75) is 52.0 Å². The van der Waals surface area contributed by atoms with E-state index in [1.165, 1.54) is 5.56 Å². The molecule has 1 aliphatic rings. The molecule has 1 aromatic rings. The topological polar surface area (TPSA) is 40.5 Å². The van der Waals surface area contributed by atoms with E-state index in [2.05, 4.69) is 43.0 Å². The minimum atomic E-state index is -0.636. The third-order valence-corrected chi connectivity index (χ3v) is 4.37. The highest BCUT2D eigenvalue weighted by atomic mass is 16.4. The molecule has 1 fully saturated rings. The Labute approximate surface area is 121 Å². The van der Waals surface area contributed by atoms with Crippen LogP contribution in [0.3, 0.4) is 0 Å². The lowest BCUT2D eigenvalue weighted by Crippen LogP contribution is -2.43. The van der Waals surface area contributed by atoms with E-state index < -0.39 is 5.97 Å². The second-order valence-electron chi connectivity index (χ2n) is 5.78. The molecule has 0 aromatic heterocycles. The number of nitrogens with zero attached hydrogens (tertiary/aromatic N) is 1. The number of carboxylic acids is 1. The van der Waals surface area contributed by atoms with Gasteiger partial charge in [0.1, 0.15) is 0 Å². The lowest BCUT2D eigenvalue weighted by molar-refractivity contribution is -0.142.